The molecule has 80 valence electrons. The first-order chi connectivity index (χ1) is 7.04. The Bertz CT molecular complexity index is 501. The second-order valence-corrected chi connectivity index (χ2v) is 3.66. The van der Waals surface area contributed by atoms with Gasteiger partial charge in [-0.15, -0.1) is 0 Å². The standard InChI is InChI=1S/C10H11NO4/c1-5-8(12)7(10(14)15)6-3-2-4-11(6)9(5)13/h12H,2-4H2,1H3,(H,14,15). The van der Waals surface area contributed by atoms with Gasteiger partial charge in [-0.05, 0) is 19.8 Å². The lowest BCUT2D eigenvalue weighted by Gasteiger charge is -2.10. The number of hydrogen-bond donors (Lipinski definition) is 2. The summed E-state index contributed by atoms with van der Waals surface area (Å²) in [6, 6.07) is 0. The van der Waals surface area contributed by atoms with Crippen LogP contribution in [-0.4, -0.2) is 20.7 Å². The molecule has 0 fully saturated rings. The quantitative estimate of drug-likeness (QED) is 0.706. The van der Waals surface area contributed by atoms with E-state index in [-0.39, 0.29) is 22.4 Å². The summed E-state index contributed by atoms with van der Waals surface area (Å²) in [5, 5.41) is 18.6. The lowest BCUT2D eigenvalue weighted by atomic mass is 10.1. The van der Waals surface area contributed by atoms with Crippen LogP contribution in [-0.2, 0) is 13.0 Å². The minimum absolute atomic E-state index is 0.109. The summed E-state index contributed by atoms with van der Waals surface area (Å²) in [6.07, 6.45) is 1.28. The molecule has 2 N–H and O–H groups in total. The SMILES string of the molecule is Cc1c(O)c(C(=O)O)c2n(c1=O)CCC2. The van der Waals surface area contributed by atoms with E-state index in [4.69, 9.17) is 5.11 Å². The van der Waals surface area contributed by atoms with Gasteiger partial charge < -0.3 is 14.8 Å². The number of carbonyl (C=O) groups is 1. The maximum absolute atomic E-state index is 11.7. The monoisotopic (exact) mass is 209 g/mol. The van der Waals surface area contributed by atoms with Crippen molar-refractivity contribution in [2.45, 2.75) is 26.3 Å². The fourth-order valence-electron chi connectivity index (χ4n) is 2.01. The van der Waals surface area contributed by atoms with Crippen LogP contribution in [0.5, 0.6) is 5.75 Å². The van der Waals surface area contributed by atoms with Crippen molar-refractivity contribution in [1.82, 2.24) is 4.57 Å². The average Bonchev–Trinajstić information content (AvgIpc) is 2.62. The van der Waals surface area contributed by atoms with Gasteiger partial charge in [0.1, 0.15) is 11.3 Å². The molecule has 1 aromatic heterocycles. The molecular formula is C10H11NO4. The molecular weight excluding hydrogens is 198 g/mol. The molecule has 2 rings (SSSR count). The van der Waals surface area contributed by atoms with E-state index in [9.17, 15) is 14.7 Å². The second kappa shape index (κ2) is 3.12. The van der Waals surface area contributed by atoms with Gasteiger partial charge in [-0.1, -0.05) is 0 Å². The smallest absolute Gasteiger partial charge is 0.341 e. The molecule has 0 unspecified atom stereocenters. The summed E-state index contributed by atoms with van der Waals surface area (Å²) in [7, 11) is 0. The first kappa shape index (κ1) is 9.76. The number of rotatable bonds is 1. The first-order valence-corrected chi connectivity index (χ1v) is 4.72. The third-order valence-electron chi connectivity index (χ3n) is 2.78. The van der Waals surface area contributed by atoms with Crippen molar-refractivity contribution in [3.8, 4) is 5.75 Å². The van der Waals surface area contributed by atoms with Crippen molar-refractivity contribution in [3.63, 3.8) is 0 Å². The second-order valence-electron chi connectivity index (χ2n) is 3.66. The summed E-state index contributed by atoms with van der Waals surface area (Å²) in [4.78, 5) is 22.6. The lowest BCUT2D eigenvalue weighted by Crippen LogP contribution is -2.24. The minimum atomic E-state index is -1.18. The molecule has 5 nitrogen and oxygen atoms in total. The topological polar surface area (TPSA) is 79.5 Å². The van der Waals surface area contributed by atoms with Crippen LogP contribution in [0.25, 0.3) is 0 Å². The molecule has 0 aromatic carbocycles. The van der Waals surface area contributed by atoms with Crippen LogP contribution in [0.2, 0.25) is 0 Å². The number of aromatic nitrogens is 1. The van der Waals surface area contributed by atoms with E-state index in [0.29, 0.717) is 18.7 Å². The van der Waals surface area contributed by atoms with E-state index < -0.39 is 5.97 Å². The predicted molar refractivity (Wildman–Crippen MR) is 52.4 cm³/mol. The number of aromatic hydroxyl groups is 1. The maximum Gasteiger partial charge on any atom is 0.341 e. The predicted octanol–water partition coefficient (Wildman–Crippen LogP) is 0.507. The van der Waals surface area contributed by atoms with E-state index in [2.05, 4.69) is 0 Å². The number of carboxylic acid groups (broad SMARTS) is 1. The zero-order valence-corrected chi connectivity index (χ0v) is 8.28. The van der Waals surface area contributed by atoms with Crippen molar-refractivity contribution in [2.75, 3.05) is 0 Å². The fourth-order valence-corrected chi connectivity index (χ4v) is 2.01. The van der Waals surface area contributed by atoms with E-state index in [0.717, 1.165) is 6.42 Å². The molecule has 0 atom stereocenters. The molecule has 0 saturated carbocycles. The van der Waals surface area contributed by atoms with E-state index >= 15 is 0 Å². The molecule has 2 heterocycles. The number of aromatic carboxylic acids is 1. The third-order valence-corrected chi connectivity index (χ3v) is 2.78. The Labute approximate surface area is 85.6 Å². The number of fused-ring (bicyclic) bond motifs is 1. The van der Waals surface area contributed by atoms with Gasteiger partial charge in [-0.3, -0.25) is 4.79 Å². The van der Waals surface area contributed by atoms with E-state index in [1.165, 1.54) is 11.5 Å². The molecule has 15 heavy (non-hydrogen) atoms. The summed E-state index contributed by atoms with van der Waals surface area (Å²) in [6.45, 7) is 1.98. The molecule has 0 amide bonds. The number of nitrogens with zero attached hydrogens (tertiary/aromatic N) is 1. The number of pyridine rings is 1. The highest BCUT2D eigenvalue weighted by Crippen LogP contribution is 2.26. The molecule has 0 spiro atoms. The van der Waals surface area contributed by atoms with Gasteiger partial charge in [-0.2, -0.15) is 0 Å². The summed E-state index contributed by atoms with van der Waals surface area (Å²) >= 11 is 0. The van der Waals surface area contributed by atoms with Crippen molar-refractivity contribution in [3.05, 3.63) is 27.2 Å². The highest BCUT2D eigenvalue weighted by atomic mass is 16.4. The summed E-state index contributed by atoms with van der Waals surface area (Å²) in [5.74, 6) is -1.57. The Morgan fingerprint density at radius 2 is 2.13 bits per heavy atom. The Morgan fingerprint density at radius 3 is 2.73 bits per heavy atom. The summed E-state index contributed by atoms with van der Waals surface area (Å²) in [5.41, 5.74) is 0.142. The molecule has 1 aliphatic rings. The van der Waals surface area contributed by atoms with Gasteiger partial charge in [0, 0.05) is 12.2 Å². The van der Waals surface area contributed by atoms with Crippen molar-refractivity contribution >= 4 is 5.97 Å². The maximum atomic E-state index is 11.7. The van der Waals surface area contributed by atoms with Crippen LogP contribution in [0.3, 0.4) is 0 Å². The van der Waals surface area contributed by atoms with Gasteiger partial charge >= 0.3 is 5.97 Å². The normalized spacial score (nSPS) is 13.9. The van der Waals surface area contributed by atoms with Crippen molar-refractivity contribution in [1.29, 1.82) is 0 Å². The zero-order chi connectivity index (χ0) is 11.2. The van der Waals surface area contributed by atoms with Crippen molar-refractivity contribution < 1.29 is 15.0 Å². The fraction of sp³-hybridized carbons (Fsp3) is 0.400. The van der Waals surface area contributed by atoms with Crippen molar-refractivity contribution in [2.24, 2.45) is 0 Å². The van der Waals surface area contributed by atoms with Crippen LogP contribution in [0, 0.1) is 6.92 Å². The van der Waals surface area contributed by atoms with Gasteiger partial charge in [0.05, 0.1) is 5.56 Å². The Balaban J connectivity index is 2.87. The van der Waals surface area contributed by atoms with Crippen LogP contribution in [0.4, 0.5) is 0 Å². The van der Waals surface area contributed by atoms with Crippen LogP contribution in [0.15, 0.2) is 4.79 Å². The van der Waals surface area contributed by atoms with Gasteiger partial charge in [0.2, 0.25) is 0 Å². The minimum Gasteiger partial charge on any atom is -0.506 e. The Morgan fingerprint density at radius 1 is 1.47 bits per heavy atom. The molecule has 0 saturated heterocycles. The van der Waals surface area contributed by atoms with Crippen LogP contribution >= 0.6 is 0 Å². The van der Waals surface area contributed by atoms with E-state index in [1.807, 2.05) is 0 Å². The van der Waals surface area contributed by atoms with Gasteiger partial charge in [0.15, 0.2) is 0 Å². The highest BCUT2D eigenvalue weighted by Gasteiger charge is 2.26. The molecule has 0 bridgehead atoms. The van der Waals surface area contributed by atoms with Crippen LogP contribution < -0.4 is 5.56 Å². The Hall–Kier alpha value is -1.78. The number of hydrogen-bond acceptors (Lipinski definition) is 3. The zero-order valence-electron chi connectivity index (χ0n) is 8.28. The van der Waals surface area contributed by atoms with Gasteiger partial charge in [0.25, 0.3) is 5.56 Å². The molecule has 5 heteroatoms. The third kappa shape index (κ3) is 1.23. The highest BCUT2D eigenvalue weighted by molar-refractivity contribution is 5.92. The Kier molecular flexibility index (Phi) is 2.03. The molecule has 1 aromatic rings. The molecule has 0 radical (unpaired) electrons. The largest absolute Gasteiger partial charge is 0.506 e. The number of carboxylic acids is 1. The first-order valence-electron chi connectivity index (χ1n) is 4.72. The van der Waals surface area contributed by atoms with E-state index in [1.54, 1.807) is 0 Å². The van der Waals surface area contributed by atoms with Gasteiger partial charge in [-0.25, -0.2) is 4.79 Å². The molecule has 0 aliphatic carbocycles. The van der Waals surface area contributed by atoms with Crippen LogP contribution in [0.1, 0.15) is 28.0 Å². The lowest BCUT2D eigenvalue weighted by molar-refractivity contribution is 0.0691. The average molecular weight is 209 g/mol. The summed E-state index contributed by atoms with van der Waals surface area (Å²) < 4.78 is 1.44. The molecule has 1 aliphatic heterocycles.